The van der Waals surface area contributed by atoms with E-state index in [9.17, 15) is 0 Å². The molecule has 1 aliphatic heterocycles. The molecule has 4 nitrogen and oxygen atoms in total. The summed E-state index contributed by atoms with van der Waals surface area (Å²) in [5, 5.41) is 15.5. The number of nitrogens with one attached hydrogen (secondary N) is 2. The molecule has 2 N–H and O–H groups in total. The first-order valence-electron chi connectivity index (χ1n) is 7.20. The first-order chi connectivity index (χ1) is 8.92. The maximum Gasteiger partial charge on any atom is 0.148 e. The van der Waals surface area contributed by atoms with E-state index in [1.807, 2.05) is 0 Å². The molecule has 3 rings (SSSR count). The van der Waals surface area contributed by atoms with Gasteiger partial charge in [-0.05, 0) is 50.4 Å². The highest BCUT2D eigenvalue weighted by atomic mass is 15.2. The Hall–Kier alpha value is -1.16. The summed E-state index contributed by atoms with van der Waals surface area (Å²) in [4.78, 5) is 0. The Balaban J connectivity index is 1.53. The predicted octanol–water partition coefficient (Wildman–Crippen LogP) is 2.16. The second kappa shape index (κ2) is 5.65. The van der Waals surface area contributed by atoms with Gasteiger partial charge in [-0.15, -0.1) is 5.10 Å². The Bertz CT molecular complexity index is 364. The lowest BCUT2D eigenvalue weighted by Gasteiger charge is -2.11. The summed E-state index contributed by atoms with van der Waals surface area (Å²) in [7, 11) is 0. The van der Waals surface area contributed by atoms with Crippen molar-refractivity contribution in [3.8, 4) is 0 Å². The molecule has 2 aliphatic rings. The van der Waals surface area contributed by atoms with Gasteiger partial charge in [-0.2, -0.15) is 5.10 Å². The van der Waals surface area contributed by atoms with E-state index < -0.39 is 0 Å². The van der Waals surface area contributed by atoms with Gasteiger partial charge in [-0.3, -0.25) is 0 Å². The summed E-state index contributed by atoms with van der Waals surface area (Å²) in [5.74, 6) is 2.32. The first-order valence-corrected chi connectivity index (χ1v) is 7.20. The molecule has 1 atom stereocenters. The molecule has 1 aromatic heterocycles. The van der Waals surface area contributed by atoms with E-state index in [-0.39, 0.29) is 0 Å². The van der Waals surface area contributed by atoms with Crippen LogP contribution in [-0.4, -0.2) is 29.8 Å². The third-order valence-corrected chi connectivity index (χ3v) is 4.19. The number of nitrogens with zero attached hydrogens (tertiary/aromatic N) is 2. The van der Waals surface area contributed by atoms with Gasteiger partial charge in [0.25, 0.3) is 0 Å². The average molecular weight is 246 g/mol. The maximum atomic E-state index is 4.38. The molecule has 1 aliphatic carbocycles. The number of hydrogen-bond donors (Lipinski definition) is 2. The fraction of sp³-hybridized carbons (Fsp3) is 0.714. The minimum Gasteiger partial charge on any atom is -0.368 e. The molecule has 0 bridgehead atoms. The molecule has 1 unspecified atom stereocenters. The minimum atomic E-state index is 0.658. The van der Waals surface area contributed by atoms with Crippen molar-refractivity contribution in [2.45, 2.75) is 38.0 Å². The van der Waals surface area contributed by atoms with Gasteiger partial charge in [0.2, 0.25) is 0 Å². The van der Waals surface area contributed by atoms with Crippen LogP contribution in [-0.2, 0) is 0 Å². The van der Waals surface area contributed by atoms with Crippen LogP contribution in [0.3, 0.4) is 0 Å². The molecule has 0 aromatic carbocycles. The van der Waals surface area contributed by atoms with Crippen molar-refractivity contribution < 1.29 is 0 Å². The molecule has 2 fully saturated rings. The van der Waals surface area contributed by atoms with Crippen molar-refractivity contribution >= 4 is 5.82 Å². The number of anilines is 1. The second-order valence-electron chi connectivity index (χ2n) is 5.56. The molecule has 1 saturated heterocycles. The van der Waals surface area contributed by atoms with Gasteiger partial charge in [0, 0.05) is 12.5 Å². The van der Waals surface area contributed by atoms with Crippen LogP contribution in [0.25, 0.3) is 0 Å². The third-order valence-electron chi connectivity index (χ3n) is 4.19. The first kappa shape index (κ1) is 11.9. The van der Waals surface area contributed by atoms with Crippen molar-refractivity contribution in [1.29, 1.82) is 0 Å². The zero-order valence-corrected chi connectivity index (χ0v) is 10.9. The maximum absolute atomic E-state index is 4.38. The monoisotopic (exact) mass is 246 g/mol. The van der Waals surface area contributed by atoms with Crippen molar-refractivity contribution in [3.63, 3.8) is 0 Å². The van der Waals surface area contributed by atoms with E-state index in [0.717, 1.165) is 31.4 Å². The summed E-state index contributed by atoms with van der Waals surface area (Å²) in [5.41, 5.74) is 1.18. The molecule has 98 valence electrons. The molecular weight excluding hydrogens is 224 g/mol. The zero-order valence-electron chi connectivity index (χ0n) is 10.9. The summed E-state index contributed by atoms with van der Waals surface area (Å²) >= 11 is 0. The Morgan fingerprint density at radius 3 is 2.72 bits per heavy atom. The lowest BCUT2D eigenvalue weighted by Crippen LogP contribution is -2.18. The number of aromatic nitrogens is 2. The van der Waals surface area contributed by atoms with E-state index >= 15 is 0 Å². The van der Waals surface area contributed by atoms with Gasteiger partial charge in [-0.1, -0.05) is 12.8 Å². The van der Waals surface area contributed by atoms with Crippen LogP contribution in [0.15, 0.2) is 12.1 Å². The van der Waals surface area contributed by atoms with Crippen LogP contribution in [0, 0.1) is 5.92 Å². The lowest BCUT2D eigenvalue weighted by molar-refractivity contribution is 0.612. The van der Waals surface area contributed by atoms with Crippen LogP contribution in [0.2, 0.25) is 0 Å². The van der Waals surface area contributed by atoms with Crippen molar-refractivity contribution in [1.82, 2.24) is 15.5 Å². The highest BCUT2D eigenvalue weighted by Crippen LogP contribution is 2.32. The Morgan fingerprint density at radius 1 is 1.17 bits per heavy atom. The van der Waals surface area contributed by atoms with E-state index in [1.54, 1.807) is 0 Å². The van der Waals surface area contributed by atoms with Crippen LogP contribution >= 0.6 is 0 Å². The Labute approximate surface area is 109 Å². The van der Waals surface area contributed by atoms with Crippen molar-refractivity contribution in [2.24, 2.45) is 5.92 Å². The lowest BCUT2D eigenvalue weighted by atomic mass is 10.0. The Kier molecular flexibility index (Phi) is 3.74. The van der Waals surface area contributed by atoms with Crippen LogP contribution in [0.1, 0.15) is 43.7 Å². The van der Waals surface area contributed by atoms with Gasteiger partial charge < -0.3 is 10.6 Å². The fourth-order valence-electron chi connectivity index (χ4n) is 3.01. The zero-order chi connectivity index (χ0) is 12.2. The second-order valence-corrected chi connectivity index (χ2v) is 5.56. The standard InChI is InChI=1S/C14H22N4/c1-2-4-12(3-1)13-5-6-14(18-17-13)16-10-11-7-8-15-9-11/h5-6,11-12,15H,1-4,7-10H2,(H,16,18). The van der Waals surface area contributed by atoms with Crippen LogP contribution < -0.4 is 10.6 Å². The van der Waals surface area contributed by atoms with Crippen LogP contribution in [0.4, 0.5) is 5.82 Å². The number of rotatable bonds is 4. The molecule has 0 amide bonds. The molecule has 1 saturated carbocycles. The summed E-state index contributed by atoms with van der Waals surface area (Å²) in [6, 6.07) is 4.24. The summed E-state index contributed by atoms with van der Waals surface area (Å²) in [6.45, 7) is 3.28. The smallest absolute Gasteiger partial charge is 0.148 e. The molecule has 2 heterocycles. The molecule has 0 radical (unpaired) electrons. The topological polar surface area (TPSA) is 49.8 Å². The van der Waals surface area contributed by atoms with Crippen molar-refractivity contribution in [3.05, 3.63) is 17.8 Å². The largest absolute Gasteiger partial charge is 0.368 e. The van der Waals surface area contributed by atoms with Gasteiger partial charge in [0.15, 0.2) is 0 Å². The van der Waals surface area contributed by atoms with E-state index in [0.29, 0.717) is 5.92 Å². The normalized spacial score (nSPS) is 24.6. The molecule has 1 aromatic rings. The van der Waals surface area contributed by atoms with Gasteiger partial charge in [0.1, 0.15) is 5.82 Å². The van der Waals surface area contributed by atoms with E-state index in [1.165, 1.54) is 37.8 Å². The van der Waals surface area contributed by atoms with Gasteiger partial charge >= 0.3 is 0 Å². The molecule has 4 heteroatoms. The van der Waals surface area contributed by atoms with E-state index in [2.05, 4.69) is 33.0 Å². The van der Waals surface area contributed by atoms with Crippen molar-refractivity contribution in [2.75, 3.05) is 25.0 Å². The van der Waals surface area contributed by atoms with Gasteiger partial charge in [-0.25, -0.2) is 0 Å². The minimum absolute atomic E-state index is 0.658. The highest BCUT2D eigenvalue weighted by Gasteiger charge is 2.19. The van der Waals surface area contributed by atoms with Gasteiger partial charge in [0.05, 0.1) is 5.69 Å². The molecular formula is C14H22N4. The quantitative estimate of drug-likeness (QED) is 0.854. The van der Waals surface area contributed by atoms with Crippen LogP contribution in [0.5, 0.6) is 0 Å². The number of hydrogen-bond acceptors (Lipinski definition) is 4. The average Bonchev–Trinajstić information content (AvgIpc) is 3.10. The third kappa shape index (κ3) is 2.80. The SMILES string of the molecule is c1cc(C2CCCC2)nnc1NCC1CCNC1. The summed E-state index contributed by atoms with van der Waals surface area (Å²) < 4.78 is 0. The Morgan fingerprint density at radius 2 is 2.06 bits per heavy atom. The fourth-order valence-corrected chi connectivity index (χ4v) is 3.01. The molecule has 18 heavy (non-hydrogen) atoms. The van der Waals surface area contributed by atoms with E-state index in [4.69, 9.17) is 0 Å². The molecule has 0 spiro atoms. The highest BCUT2D eigenvalue weighted by molar-refractivity contribution is 5.33. The predicted molar refractivity (Wildman–Crippen MR) is 72.7 cm³/mol. The summed E-state index contributed by atoms with van der Waals surface area (Å²) in [6.07, 6.45) is 6.53.